The molecule has 0 spiro atoms. The molecule has 6 heteroatoms. The molecule has 0 amide bonds. The fourth-order valence-electron chi connectivity index (χ4n) is 10.6. The summed E-state index contributed by atoms with van der Waals surface area (Å²) < 4.78 is 16.9. The molecule has 1 atom stereocenters. The van der Waals surface area contributed by atoms with Gasteiger partial charge in [0, 0.05) is 19.3 Å². The fourth-order valence-corrected chi connectivity index (χ4v) is 10.6. The zero-order chi connectivity index (χ0) is 56.4. The van der Waals surface area contributed by atoms with Crippen molar-refractivity contribution >= 4 is 17.9 Å². The second-order valence-electron chi connectivity index (χ2n) is 23.8. The summed E-state index contributed by atoms with van der Waals surface area (Å²) in [7, 11) is 0. The molecule has 0 aliphatic carbocycles. The minimum absolute atomic E-state index is 0.0693. The van der Waals surface area contributed by atoms with Crippen molar-refractivity contribution in [1.82, 2.24) is 0 Å². The van der Waals surface area contributed by atoms with Crippen LogP contribution in [0.5, 0.6) is 0 Å². The van der Waals surface area contributed by atoms with Gasteiger partial charge in [-0.3, -0.25) is 14.4 Å². The van der Waals surface area contributed by atoms with Gasteiger partial charge in [0.2, 0.25) is 0 Å². The van der Waals surface area contributed by atoms with E-state index < -0.39 is 6.10 Å². The lowest BCUT2D eigenvalue weighted by Crippen LogP contribution is -2.30. The highest BCUT2D eigenvalue weighted by molar-refractivity contribution is 5.71. The third-order valence-electron chi connectivity index (χ3n) is 15.9. The molecule has 0 N–H and O–H groups in total. The highest BCUT2D eigenvalue weighted by atomic mass is 16.6. The van der Waals surface area contributed by atoms with Gasteiger partial charge in [0.05, 0.1) is 0 Å². The molecule has 458 valence electrons. The van der Waals surface area contributed by atoms with Crippen molar-refractivity contribution < 1.29 is 28.6 Å². The van der Waals surface area contributed by atoms with Crippen LogP contribution >= 0.6 is 0 Å². The zero-order valence-electron chi connectivity index (χ0n) is 52.7. The van der Waals surface area contributed by atoms with Crippen molar-refractivity contribution in [3.05, 3.63) is 36.5 Å². The molecule has 0 saturated carbocycles. The first-order valence-corrected chi connectivity index (χ1v) is 35.0. The Hall–Kier alpha value is -2.37. The van der Waals surface area contributed by atoms with E-state index in [1.807, 2.05) is 0 Å². The summed E-state index contributed by atoms with van der Waals surface area (Å²) in [6, 6.07) is 0. The Bertz CT molecular complexity index is 1300. The molecule has 0 fully saturated rings. The van der Waals surface area contributed by atoms with Crippen molar-refractivity contribution in [2.75, 3.05) is 13.2 Å². The van der Waals surface area contributed by atoms with E-state index in [9.17, 15) is 14.4 Å². The van der Waals surface area contributed by atoms with Gasteiger partial charge in [0.1, 0.15) is 13.2 Å². The number of allylic oxidation sites excluding steroid dienone is 6. The van der Waals surface area contributed by atoms with Gasteiger partial charge >= 0.3 is 17.9 Å². The summed E-state index contributed by atoms with van der Waals surface area (Å²) in [5, 5.41) is 0. The van der Waals surface area contributed by atoms with Crippen molar-refractivity contribution in [3.63, 3.8) is 0 Å². The lowest BCUT2D eigenvalue weighted by atomic mass is 10.0. The largest absolute Gasteiger partial charge is 0.462 e. The number of rotatable bonds is 65. The summed E-state index contributed by atoms with van der Waals surface area (Å²) in [5.41, 5.74) is 0. The Morgan fingerprint density at radius 3 is 0.718 bits per heavy atom. The van der Waals surface area contributed by atoms with E-state index in [1.54, 1.807) is 0 Å². The lowest BCUT2D eigenvalue weighted by molar-refractivity contribution is -0.167. The van der Waals surface area contributed by atoms with Crippen LogP contribution in [0.25, 0.3) is 0 Å². The third-order valence-corrected chi connectivity index (χ3v) is 15.9. The van der Waals surface area contributed by atoms with Crippen LogP contribution in [0.15, 0.2) is 36.5 Å². The first-order chi connectivity index (χ1) is 38.5. The molecule has 0 aliphatic heterocycles. The van der Waals surface area contributed by atoms with E-state index in [1.165, 1.54) is 276 Å². The Morgan fingerprint density at radius 2 is 0.462 bits per heavy atom. The second-order valence-corrected chi connectivity index (χ2v) is 23.8. The summed E-state index contributed by atoms with van der Waals surface area (Å²) in [5.74, 6) is -0.854. The first-order valence-electron chi connectivity index (χ1n) is 35.0. The number of unbranched alkanes of at least 4 members (excludes halogenated alkanes) is 48. The molecule has 0 saturated heterocycles. The van der Waals surface area contributed by atoms with Crippen LogP contribution < -0.4 is 0 Å². The second kappa shape index (κ2) is 67.1. The monoisotopic (exact) mass is 1100 g/mol. The Labute approximate surface area is 486 Å². The maximum absolute atomic E-state index is 12.9. The van der Waals surface area contributed by atoms with Gasteiger partial charge in [-0.15, -0.1) is 0 Å². The van der Waals surface area contributed by atoms with Gasteiger partial charge in [-0.25, -0.2) is 0 Å². The Balaban J connectivity index is 4.00. The molecule has 6 nitrogen and oxygen atoms in total. The average molecular weight is 1100 g/mol. The molecule has 0 aromatic heterocycles. The fraction of sp³-hybridized carbons (Fsp3) is 0.875. The van der Waals surface area contributed by atoms with E-state index in [0.29, 0.717) is 19.3 Å². The molecule has 0 rings (SSSR count). The number of carbonyl (C=O) groups excluding carboxylic acids is 3. The highest BCUT2D eigenvalue weighted by Gasteiger charge is 2.19. The van der Waals surface area contributed by atoms with E-state index in [2.05, 4.69) is 57.2 Å². The van der Waals surface area contributed by atoms with Crippen molar-refractivity contribution in [2.24, 2.45) is 0 Å². The van der Waals surface area contributed by atoms with Gasteiger partial charge < -0.3 is 14.2 Å². The standard InChI is InChI=1S/C72H134O6/c1-4-7-10-13-16-19-22-24-26-27-28-29-30-31-32-33-34-35-36-37-38-39-40-41-42-43-44-45-46-48-50-53-56-59-62-65-71(74)77-68-69(67-76-70(73)64-61-58-55-52-49-21-18-15-12-9-6-3)78-72(75)66-63-60-57-54-51-47-25-23-20-17-14-11-8-5-2/h22-25,27-28,69H,4-21,26,29-68H2,1-3H3/b24-22-,25-23-,28-27-. The Kier molecular flexibility index (Phi) is 65.1. The van der Waals surface area contributed by atoms with E-state index in [4.69, 9.17) is 14.2 Å². The summed E-state index contributed by atoms with van der Waals surface area (Å²) in [6.45, 7) is 6.66. The zero-order valence-corrected chi connectivity index (χ0v) is 52.7. The van der Waals surface area contributed by atoms with Gasteiger partial charge in [-0.1, -0.05) is 327 Å². The van der Waals surface area contributed by atoms with Crippen LogP contribution in [0.3, 0.4) is 0 Å². The quantitative estimate of drug-likeness (QED) is 0.0261. The van der Waals surface area contributed by atoms with Crippen LogP contribution in [0.1, 0.15) is 387 Å². The first kappa shape index (κ1) is 75.6. The molecule has 0 heterocycles. The summed E-state index contributed by atoms with van der Waals surface area (Å²) in [4.78, 5) is 38.2. The van der Waals surface area contributed by atoms with Crippen LogP contribution in [-0.2, 0) is 28.6 Å². The molecule has 0 bridgehead atoms. The maximum atomic E-state index is 12.9. The smallest absolute Gasteiger partial charge is 0.306 e. The van der Waals surface area contributed by atoms with Crippen LogP contribution in [0, 0.1) is 0 Å². The lowest BCUT2D eigenvalue weighted by Gasteiger charge is -2.18. The molecule has 78 heavy (non-hydrogen) atoms. The molecule has 0 aromatic carbocycles. The minimum atomic E-state index is -0.771. The average Bonchev–Trinajstić information content (AvgIpc) is 3.44. The molecular weight excluding hydrogens is 961 g/mol. The van der Waals surface area contributed by atoms with Gasteiger partial charge in [-0.05, 0) is 77.0 Å². The Morgan fingerprint density at radius 1 is 0.256 bits per heavy atom. The number of carbonyl (C=O) groups is 3. The molecular formula is C72H134O6. The van der Waals surface area contributed by atoms with Crippen LogP contribution in [-0.4, -0.2) is 37.2 Å². The predicted octanol–water partition coefficient (Wildman–Crippen LogP) is 23.9. The number of hydrogen-bond donors (Lipinski definition) is 0. The summed E-state index contributed by atoms with van der Waals surface area (Å²) in [6.07, 6.45) is 83.4. The predicted molar refractivity (Wildman–Crippen MR) is 339 cm³/mol. The van der Waals surface area contributed by atoms with Gasteiger partial charge in [0.25, 0.3) is 0 Å². The van der Waals surface area contributed by atoms with Gasteiger partial charge in [0.15, 0.2) is 6.10 Å². The van der Waals surface area contributed by atoms with E-state index in [-0.39, 0.29) is 31.1 Å². The van der Waals surface area contributed by atoms with Crippen LogP contribution in [0.2, 0.25) is 0 Å². The maximum Gasteiger partial charge on any atom is 0.306 e. The van der Waals surface area contributed by atoms with Crippen molar-refractivity contribution in [2.45, 2.75) is 393 Å². The highest BCUT2D eigenvalue weighted by Crippen LogP contribution is 2.18. The molecule has 1 unspecified atom stereocenters. The molecule has 0 radical (unpaired) electrons. The number of ether oxygens (including phenoxy) is 3. The SMILES string of the molecule is CCCCCCC/C=C\C/C=C\CCCCCCCCCCCCCCCCCCCCCCCCCC(=O)OCC(COC(=O)CCCCCCCCCCCCC)OC(=O)CCCCCCC/C=C\CCCCCCC. The number of hydrogen-bond acceptors (Lipinski definition) is 6. The van der Waals surface area contributed by atoms with E-state index >= 15 is 0 Å². The van der Waals surface area contributed by atoms with Crippen molar-refractivity contribution in [1.29, 1.82) is 0 Å². The normalized spacial score (nSPS) is 12.2. The minimum Gasteiger partial charge on any atom is -0.462 e. The molecule has 0 aliphatic rings. The van der Waals surface area contributed by atoms with Crippen molar-refractivity contribution in [3.8, 4) is 0 Å². The van der Waals surface area contributed by atoms with Crippen LogP contribution in [0.4, 0.5) is 0 Å². The molecule has 0 aromatic rings. The third kappa shape index (κ3) is 64.5. The number of esters is 3. The topological polar surface area (TPSA) is 78.9 Å². The summed E-state index contributed by atoms with van der Waals surface area (Å²) >= 11 is 0. The van der Waals surface area contributed by atoms with Gasteiger partial charge in [-0.2, -0.15) is 0 Å². The van der Waals surface area contributed by atoms with E-state index in [0.717, 1.165) is 70.6 Å².